The molecule has 0 fully saturated rings. The van der Waals surface area contributed by atoms with Crippen LogP contribution in [0.15, 0.2) is 42.5 Å². The van der Waals surface area contributed by atoms with Crippen molar-refractivity contribution in [3.05, 3.63) is 81.4 Å². The Morgan fingerprint density at radius 2 is 0.931 bits per heavy atom. The van der Waals surface area contributed by atoms with Gasteiger partial charge in [-0.05, 0) is 58.7 Å². The molecule has 0 saturated carbocycles. The Kier molecular flexibility index (Phi) is 18.4. The minimum absolute atomic E-state index is 0.0677. The number of methoxy groups -OCH3 is 10. The Balaban J connectivity index is 1.11. The molecule has 4 aromatic rings. The molecule has 0 radical (unpaired) electrons. The monoisotopic (exact) mass is 998 g/mol. The summed E-state index contributed by atoms with van der Waals surface area (Å²) >= 11 is 0. The number of aldehydes is 1. The lowest BCUT2D eigenvalue weighted by molar-refractivity contribution is -0.941. The summed E-state index contributed by atoms with van der Waals surface area (Å²) in [6.07, 6.45) is 4.37. The fraction of sp³-hybridized carbons (Fsp3) is 0.473. The summed E-state index contributed by atoms with van der Waals surface area (Å²) in [4.78, 5) is 37.9. The van der Waals surface area contributed by atoms with Crippen LogP contribution >= 0.6 is 0 Å². The van der Waals surface area contributed by atoms with Crippen LogP contribution in [0.4, 0.5) is 0 Å². The highest BCUT2D eigenvalue weighted by atomic mass is 16.6. The summed E-state index contributed by atoms with van der Waals surface area (Å²) in [6, 6.07) is 13.4. The lowest BCUT2D eigenvalue weighted by Crippen LogP contribution is -2.53. The third kappa shape index (κ3) is 11.5. The van der Waals surface area contributed by atoms with Crippen molar-refractivity contribution in [2.45, 2.75) is 50.6 Å². The summed E-state index contributed by atoms with van der Waals surface area (Å²) < 4.78 is 69.7. The van der Waals surface area contributed by atoms with Gasteiger partial charge in [0.25, 0.3) is 0 Å². The smallest absolute Gasteiger partial charge is 0.384 e. The van der Waals surface area contributed by atoms with E-state index in [1.54, 1.807) is 56.9 Å². The number of esters is 2. The Morgan fingerprint density at radius 3 is 1.35 bits per heavy atom. The number of carbonyl (C=O) groups is 3. The van der Waals surface area contributed by atoms with E-state index in [4.69, 9.17) is 56.8 Å². The fourth-order valence-corrected chi connectivity index (χ4v) is 10.5. The van der Waals surface area contributed by atoms with Crippen molar-refractivity contribution in [1.82, 2.24) is 0 Å². The van der Waals surface area contributed by atoms with Crippen LogP contribution in [0.3, 0.4) is 0 Å². The first-order chi connectivity index (χ1) is 34.7. The third-order valence-electron chi connectivity index (χ3n) is 14.2. The van der Waals surface area contributed by atoms with Gasteiger partial charge in [-0.15, -0.1) is 0 Å². The second-order valence-electron chi connectivity index (χ2n) is 18.2. The highest BCUT2D eigenvalue weighted by Gasteiger charge is 2.44. The highest BCUT2D eigenvalue weighted by molar-refractivity contribution is 5.98. The van der Waals surface area contributed by atoms with E-state index >= 15 is 0 Å². The predicted molar refractivity (Wildman–Crippen MR) is 268 cm³/mol. The molecule has 2 aliphatic rings. The highest BCUT2D eigenvalue weighted by Crippen LogP contribution is 2.52. The molecule has 6 rings (SSSR count). The van der Waals surface area contributed by atoms with Gasteiger partial charge in [0, 0.05) is 50.4 Å². The van der Waals surface area contributed by atoms with Gasteiger partial charge in [-0.25, -0.2) is 9.59 Å². The van der Waals surface area contributed by atoms with Crippen LogP contribution in [0, 0.1) is 11.8 Å². The van der Waals surface area contributed by atoms with Gasteiger partial charge in [0.2, 0.25) is 11.5 Å². The van der Waals surface area contributed by atoms with Crippen LogP contribution in [0.5, 0.6) is 57.5 Å². The Bertz CT molecular complexity index is 2660. The van der Waals surface area contributed by atoms with E-state index in [-0.39, 0.29) is 25.3 Å². The molecule has 17 nitrogen and oxygen atoms in total. The number of nitrogens with zero attached hydrogens (tertiary/aromatic N) is 2. The Morgan fingerprint density at radius 1 is 0.514 bits per heavy atom. The molecule has 0 aromatic heterocycles. The summed E-state index contributed by atoms with van der Waals surface area (Å²) in [7, 11) is 20.2. The summed E-state index contributed by atoms with van der Waals surface area (Å²) in [5.41, 5.74) is 6.43. The van der Waals surface area contributed by atoms with E-state index in [2.05, 4.69) is 25.9 Å². The number of rotatable bonds is 23. The van der Waals surface area contributed by atoms with Gasteiger partial charge in [0.1, 0.15) is 12.1 Å². The van der Waals surface area contributed by atoms with Crippen molar-refractivity contribution in [2.24, 2.45) is 0 Å². The maximum Gasteiger partial charge on any atom is 0.384 e. The van der Waals surface area contributed by atoms with Gasteiger partial charge >= 0.3 is 11.9 Å². The number of ether oxygens (including phenoxy) is 12. The molecular formula is C55H70N2O15+2. The Labute approximate surface area is 423 Å². The number of likely N-dealkylation sites (N-methyl/N-ethyl adjacent to an activating group) is 2. The Hall–Kier alpha value is -7.03. The number of quaternary nitrogens is 2. The van der Waals surface area contributed by atoms with Crippen LogP contribution in [0.25, 0.3) is 0 Å². The normalized spacial score (nSPS) is 18.7. The minimum atomic E-state index is -0.829. The quantitative estimate of drug-likeness (QED) is 0.0192. The first kappa shape index (κ1) is 54.3. The zero-order valence-corrected chi connectivity index (χ0v) is 43.8. The molecule has 17 heteroatoms. The van der Waals surface area contributed by atoms with E-state index in [1.165, 1.54) is 14.2 Å². The number of hydrogen-bond donors (Lipinski definition) is 0. The van der Waals surface area contributed by atoms with Crippen molar-refractivity contribution >= 4 is 18.2 Å². The maximum atomic E-state index is 12.9. The van der Waals surface area contributed by atoms with Crippen molar-refractivity contribution < 1.29 is 80.2 Å². The second-order valence-corrected chi connectivity index (χ2v) is 18.2. The average molecular weight is 999 g/mol. The van der Waals surface area contributed by atoms with Gasteiger partial charge in [0.15, 0.2) is 52.3 Å². The van der Waals surface area contributed by atoms with Crippen molar-refractivity contribution in [2.75, 3.05) is 125 Å². The molecule has 0 N–H and O–H groups in total. The van der Waals surface area contributed by atoms with E-state index < -0.39 is 11.9 Å². The van der Waals surface area contributed by atoms with Crippen LogP contribution in [0.2, 0.25) is 0 Å². The van der Waals surface area contributed by atoms with E-state index in [0.29, 0.717) is 117 Å². The topological polar surface area (TPSA) is 162 Å². The van der Waals surface area contributed by atoms with Gasteiger partial charge in [0.05, 0.1) is 141 Å². The molecule has 0 spiro atoms. The van der Waals surface area contributed by atoms with Gasteiger partial charge in [-0.2, -0.15) is 0 Å². The van der Waals surface area contributed by atoms with Crippen LogP contribution in [-0.4, -0.2) is 152 Å². The fourth-order valence-electron chi connectivity index (χ4n) is 10.5. The molecule has 4 aromatic carbocycles. The van der Waals surface area contributed by atoms with E-state index in [0.717, 1.165) is 59.2 Å². The maximum absolute atomic E-state index is 12.9. The summed E-state index contributed by atoms with van der Waals surface area (Å²) in [6.45, 7) is 2.96. The van der Waals surface area contributed by atoms with E-state index in [9.17, 15) is 14.4 Å². The summed E-state index contributed by atoms with van der Waals surface area (Å²) in [5, 5.41) is 0. The SMILES string of the molecule is COc1ccc(CC2c3c(cc(OC)c(OC)c3OC)CC[N+]2(C)CCCOC(=O)C#CC(=O)OCCC[N+]2(C)CCc3cc(OC)c(OC)c(OC)c3C2Cc2cc(C=O)c(OC)c(OC)c2)cc1OC. The molecule has 388 valence electrons. The number of fused-ring (bicyclic) bond motifs is 2. The molecule has 2 aliphatic heterocycles. The molecule has 4 atom stereocenters. The molecule has 0 amide bonds. The minimum Gasteiger partial charge on any atom is -0.493 e. The lowest BCUT2D eigenvalue weighted by atomic mass is 9.85. The molecule has 0 aliphatic carbocycles. The van der Waals surface area contributed by atoms with Crippen molar-refractivity contribution in [3.63, 3.8) is 0 Å². The molecule has 4 unspecified atom stereocenters. The molecule has 0 bridgehead atoms. The van der Waals surface area contributed by atoms with E-state index in [1.807, 2.05) is 42.5 Å². The van der Waals surface area contributed by atoms with Crippen LogP contribution in [-0.2, 0) is 44.7 Å². The lowest BCUT2D eigenvalue weighted by Gasteiger charge is -2.46. The van der Waals surface area contributed by atoms with Crippen LogP contribution < -0.4 is 47.4 Å². The number of hydrogen-bond acceptors (Lipinski definition) is 15. The van der Waals surface area contributed by atoms with Crippen molar-refractivity contribution in [1.29, 1.82) is 0 Å². The van der Waals surface area contributed by atoms with Crippen molar-refractivity contribution in [3.8, 4) is 69.3 Å². The average Bonchev–Trinajstić information content (AvgIpc) is 3.40. The molecule has 0 saturated heterocycles. The third-order valence-corrected chi connectivity index (χ3v) is 14.2. The predicted octanol–water partition coefficient (Wildman–Crippen LogP) is 6.73. The molecular weight excluding hydrogens is 929 g/mol. The van der Waals surface area contributed by atoms with Gasteiger partial charge in [-0.1, -0.05) is 6.07 Å². The molecule has 2 heterocycles. The largest absolute Gasteiger partial charge is 0.493 e. The van der Waals surface area contributed by atoms with Crippen LogP contribution in [0.1, 0.15) is 68.7 Å². The standard InChI is InChI=1S/C55H70N2O15/c1-56(23-19-37-32-45(64-6)52(67-9)54(69-11)49(37)40(56)28-35-15-16-42(61-3)43(30-35)62-4)21-13-25-71-47(59)17-18-48(60)72-26-14-22-57(2)24-20-38-33-46(65-7)53(68-10)55(70-12)50(38)41(57)29-36-27-39(34-58)51(66-8)44(31-36)63-5/h15-16,27,30-34,40-41H,13-14,19-26,28-29H2,1-12H3/q+2. The molecule has 72 heavy (non-hydrogen) atoms. The zero-order chi connectivity index (χ0) is 52.2. The number of carbonyl (C=O) groups excluding carboxylic acids is 3. The zero-order valence-electron chi connectivity index (χ0n) is 43.8. The first-order valence-corrected chi connectivity index (χ1v) is 23.8. The summed E-state index contributed by atoms with van der Waals surface area (Å²) in [5.74, 6) is 8.40. The number of benzene rings is 4. The van der Waals surface area contributed by atoms with Gasteiger partial charge < -0.3 is 65.8 Å². The first-order valence-electron chi connectivity index (χ1n) is 23.8. The second kappa shape index (κ2) is 24.4. The van der Waals surface area contributed by atoms with Gasteiger partial charge in [-0.3, -0.25) is 4.79 Å².